The van der Waals surface area contributed by atoms with Crippen molar-refractivity contribution in [3.8, 4) is 0 Å². The molecule has 2 N–H and O–H groups in total. The van der Waals surface area contributed by atoms with E-state index in [0.717, 1.165) is 0 Å². The van der Waals surface area contributed by atoms with Crippen LogP contribution in [0.15, 0.2) is 0 Å². The van der Waals surface area contributed by atoms with Gasteiger partial charge >= 0.3 is 7.82 Å². The van der Waals surface area contributed by atoms with E-state index in [1.54, 1.807) is 0 Å². The summed E-state index contributed by atoms with van der Waals surface area (Å²) in [6, 6.07) is 0. The lowest BCUT2D eigenvalue weighted by Crippen LogP contribution is -2.17. The molecule has 0 aliphatic heterocycles. The van der Waals surface area contributed by atoms with Crippen LogP contribution in [0.3, 0.4) is 0 Å². The molecular weight excluding hydrogens is 169 g/mol. The van der Waals surface area contributed by atoms with Crippen LogP contribution in [-0.2, 0) is 9.09 Å². The molecule has 0 rings (SSSR count). The van der Waals surface area contributed by atoms with Crippen molar-refractivity contribution in [2.75, 3.05) is 6.61 Å². The van der Waals surface area contributed by atoms with E-state index >= 15 is 0 Å². The van der Waals surface area contributed by atoms with Crippen molar-refractivity contribution in [2.24, 2.45) is 0 Å². The van der Waals surface area contributed by atoms with Gasteiger partial charge in [-0.05, 0) is 0 Å². The Kier molecular flexibility index (Phi) is 2.91. The lowest BCUT2D eigenvalue weighted by molar-refractivity contribution is -0.0314. The first-order chi connectivity index (χ1) is 4.21. The number of hydrogen-bond donors (Lipinski definition) is 2. The van der Waals surface area contributed by atoms with Crippen LogP contribution in [0.5, 0.6) is 0 Å². The number of halogens is 2. The molecule has 0 amide bonds. The Morgan fingerprint density at radius 3 is 2.10 bits per heavy atom. The fourth-order valence-corrected chi connectivity index (χ4v) is 0.592. The van der Waals surface area contributed by atoms with Crippen molar-refractivity contribution >= 4 is 7.82 Å². The molecule has 0 heterocycles. The summed E-state index contributed by atoms with van der Waals surface area (Å²) in [6.07, 6.45) is 0. The average Bonchev–Trinajstić information content (AvgIpc) is 1.57. The van der Waals surface area contributed by atoms with Gasteiger partial charge in [0.05, 0.1) is 0 Å². The van der Waals surface area contributed by atoms with Crippen molar-refractivity contribution in [1.29, 1.82) is 0 Å². The van der Waals surface area contributed by atoms with Crippen LogP contribution in [0.1, 0.15) is 6.92 Å². The maximum Gasteiger partial charge on any atom is 0.469 e. The molecule has 0 saturated heterocycles. The number of hydrogen-bond acceptors (Lipinski definition) is 2. The Morgan fingerprint density at radius 2 is 2.00 bits per heavy atom. The summed E-state index contributed by atoms with van der Waals surface area (Å²) in [5, 5.41) is 0. The summed E-state index contributed by atoms with van der Waals surface area (Å²) in [4.78, 5) is 15.9. The van der Waals surface area contributed by atoms with Crippen LogP contribution >= 0.6 is 7.82 Å². The third-order valence-electron chi connectivity index (χ3n) is 0.486. The molecule has 0 fully saturated rings. The van der Waals surface area contributed by atoms with Gasteiger partial charge in [-0.15, -0.1) is 0 Å². The van der Waals surface area contributed by atoms with Crippen molar-refractivity contribution in [3.05, 3.63) is 0 Å². The summed E-state index contributed by atoms with van der Waals surface area (Å²) in [5.74, 6) is -3.21. The largest absolute Gasteiger partial charge is 0.469 e. The first kappa shape index (κ1) is 9.97. The molecule has 0 aromatic rings. The van der Waals surface area contributed by atoms with Gasteiger partial charge < -0.3 is 9.79 Å². The Hall–Kier alpha value is -0.0300. The number of alkyl halides is 2. The minimum absolute atomic E-state index is 0.503. The van der Waals surface area contributed by atoms with Gasteiger partial charge in [-0.1, -0.05) is 0 Å². The molecule has 0 spiro atoms. The van der Waals surface area contributed by atoms with Crippen LogP contribution < -0.4 is 0 Å². The molecule has 0 aromatic heterocycles. The first-order valence-corrected chi connectivity index (χ1v) is 3.82. The number of phosphoric ester groups is 1. The van der Waals surface area contributed by atoms with E-state index in [9.17, 15) is 13.3 Å². The van der Waals surface area contributed by atoms with E-state index in [2.05, 4.69) is 4.52 Å². The molecule has 7 heteroatoms. The molecule has 0 aliphatic rings. The van der Waals surface area contributed by atoms with E-state index < -0.39 is 20.4 Å². The monoisotopic (exact) mass is 176 g/mol. The number of rotatable bonds is 3. The summed E-state index contributed by atoms with van der Waals surface area (Å²) in [7, 11) is -4.74. The van der Waals surface area contributed by atoms with E-state index in [-0.39, 0.29) is 0 Å². The highest BCUT2D eigenvalue weighted by Crippen LogP contribution is 2.37. The van der Waals surface area contributed by atoms with Crippen molar-refractivity contribution < 1.29 is 27.7 Å². The molecule has 0 atom stereocenters. The van der Waals surface area contributed by atoms with Crippen molar-refractivity contribution in [2.45, 2.75) is 12.8 Å². The second-order valence-corrected chi connectivity index (χ2v) is 3.07. The Balaban J connectivity index is 3.67. The highest BCUT2D eigenvalue weighted by atomic mass is 31.2. The quantitative estimate of drug-likeness (QED) is 0.622. The van der Waals surface area contributed by atoms with E-state index in [0.29, 0.717) is 6.92 Å². The minimum Gasteiger partial charge on any atom is -0.303 e. The predicted octanol–water partition coefficient (Wildman–Crippen LogP) is 0.751. The van der Waals surface area contributed by atoms with Gasteiger partial charge in [-0.2, -0.15) is 0 Å². The molecule has 0 aliphatic carbocycles. The topological polar surface area (TPSA) is 66.8 Å². The Morgan fingerprint density at radius 1 is 1.60 bits per heavy atom. The van der Waals surface area contributed by atoms with Gasteiger partial charge in [0.1, 0.15) is 6.61 Å². The van der Waals surface area contributed by atoms with Gasteiger partial charge in [0, 0.05) is 6.92 Å². The molecule has 0 radical (unpaired) electrons. The molecule has 0 bridgehead atoms. The summed E-state index contributed by atoms with van der Waals surface area (Å²) >= 11 is 0. The van der Waals surface area contributed by atoms with Crippen LogP contribution in [0.2, 0.25) is 0 Å². The second-order valence-electron chi connectivity index (χ2n) is 1.83. The van der Waals surface area contributed by atoms with E-state index in [1.807, 2.05) is 0 Å². The van der Waals surface area contributed by atoms with Crippen LogP contribution in [0.25, 0.3) is 0 Å². The molecule has 10 heavy (non-hydrogen) atoms. The molecule has 0 saturated carbocycles. The summed E-state index contributed by atoms with van der Waals surface area (Å²) in [6.45, 7) is -0.764. The van der Waals surface area contributed by atoms with Crippen LogP contribution in [0, 0.1) is 0 Å². The minimum atomic E-state index is -4.74. The van der Waals surface area contributed by atoms with Crippen molar-refractivity contribution in [1.82, 2.24) is 0 Å². The zero-order chi connectivity index (χ0) is 8.41. The zero-order valence-electron chi connectivity index (χ0n) is 5.12. The summed E-state index contributed by atoms with van der Waals surface area (Å²) in [5.41, 5.74) is 0. The van der Waals surface area contributed by atoms with Gasteiger partial charge in [0.15, 0.2) is 0 Å². The smallest absolute Gasteiger partial charge is 0.303 e. The molecule has 4 nitrogen and oxygen atoms in total. The van der Waals surface area contributed by atoms with Crippen LogP contribution in [-0.4, -0.2) is 22.3 Å². The molecule has 0 aromatic carbocycles. The molecule has 0 unspecified atom stereocenters. The lowest BCUT2D eigenvalue weighted by atomic mass is 10.4. The van der Waals surface area contributed by atoms with Gasteiger partial charge in [0.2, 0.25) is 0 Å². The van der Waals surface area contributed by atoms with Crippen molar-refractivity contribution in [3.63, 3.8) is 0 Å². The lowest BCUT2D eigenvalue weighted by Gasteiger charge is -2.10. The van der Waals surface area contributed by atoms with E-state index in [1.165, 1.54) is 0 Å². The second kappa shape index (κ2) is 2.92. The normalized spacial score (nSPS) is 13.7. The SMILES string of the molecule is CC(F)(F)COP(=O)(O)O. The van der Waals surface area contributed by atoms with E-state index in [4.69, 9.17) is 9.79 Å². The first-order valence-electron chi connectivity index (χ1n) is 2.29. The maximum absolute atomic E-state index is 11.8. The fraction of sp³-hybridized carbons (Fsp3) is 1.00. The standard InChI is InChI=1S/C3H7F2O4P/c1-3(4,5)2-9-10(6,7)8/h2H2,1H3,(H2,6,7,8). The average molecular weight is 176 g/mol. The van der Waals surface area contributed by atoms with Gasteiger partial charge in [-0.3, -0.25) is 4.52 Å². The van der Waals surface area contributed by atoms with Crippen LogP contribution in [0.4, 0.5) is 8.78 Å². The molecular formula is C3H7F2O4P. The highest BCUT2D eigenvalue weighted by Gasteiger charge is 2.26. The Labute approximate surface area is 56.1 Å². The Bertz CT molecular complexity index is 147. The maximum atomic E-state index is 11.8. The van der Waals surface area contributed by atoms with Gasteiger partial charge in [-0.25, -0.2) is 13.3 Å². The fourth-order valence-electron chi connectivity index (χ4n) is 0.197. The zero-order valence-corrected chi connectivity index (χ0v) is 6.02. The highest BCUT2D eigenvalue weighted by molar-refractivity contribution is 7.46. The molecule has 62 valence electrons. The van der Waals surface area contributed by atoms with Gasteiger partial charge in [0.25, 0.3) is 5.92 Å². The third-order valence-corrected chi connectivity index (χ3v) is 0.952. The number of phosphoric acid groups is 1. The summed E-state index contributed by atoms with van der Waals surface area (Å²) < 4.78 is 36.9. The predicted molar refractivity (Wildman–Crippen MR) is 28.6 cm³/mol. The third kappa shape index (κ3) is 7.97.